The van der Waals surface area contributed by atoms with Crippen molar-refractivity contribution in [1.29, 1.82) is 0 Å². The molecule has 140 valence electrons. The van der Waals surface area contributed by atoms with Gasteiger partial charge < -0.3 is 9.88 Å². The minimum Gasteiger partial charge on any atom is -0.343 e. The molecule has 0 radical (unpaired) electrons. The van der Waals surface area contributed by atoms with Crippen LogP contribution in [0, 0.1) is 0 Å². The van der Waals surface area contributed by atoms with Crippen molar-refractivity contribution in [2.24, 2.45) is 4.99 Å². The van der Waals surface area contributed by atoms with Crippen molar-refractivity contribution in [3.05, 3.63) is 81.8 Å². The number of hydrogen-bond acceptors (Lipinski definition) is 3. The number of rotatable bonds is 4. The molecule has 1 N–H and O–H groups in total. The quantitative estimate of drug-likeness (QED) is 0.408. The van der Waals surface area contributed by atoms with E-state index in [0.717, 1.165) is 16.5 Å². The first kappa shape index (κ1) is 18.9. The van der Waals surface area contributed by atoms with Gasteiger partial charge in [-0.3, -0.25) is 4.79 Å². The standard InChI is InChI=1S/C21H15Cl2N3OS/c1-2-10-26-12-13(14-6-3-4-9-17(14)26)11-18-20(27)25-21(28-18)24-16-8-5-7-15(22)19(16)23/h2-9,11-12H,1,10H2,(H,24,25,27)/b18-11+. The van der Waals surface area contributed by atoms with Gasteiger partial charge in [-0.05, 0) is 36.0 Å². The first-order valence-corrected chi connectivity index (χ1v) is 10.1. The summed E-state index contributed by atoms with van der Waals surface area (Å²) in [4.78, 5) is 17.4. The Hall–Kier alpha value is -2.47. The van der Waals surface area contributed by atoms with Gasteiger partial charge in [0.1, 0.15) is 0 Å². The lowest BCUT2D eigenvalue weighted by atomic mass is 10.1. The van der Waals surface area contributed by atoms with Crippen LogP contribution < -0.4 is 5.32 Å². The molecular weight excluding hydrogens is 413 g/mol. The van der Waals surface area contributed by atoms with Crippen LogP contribution in [0.5, 0.6) is 0 Å². The molecule has 0 aliphatic carbocycles. The number of nitrogens with one attached hydrogen (secondary N) is 1. The minimum absolute atomic E-state index is 0.192. The van der Waals surface area contributed by atoms with Crippen LogP contribution in [-0.2, 0) is 11.3 Å². The molecule has 0 bridgehead atoms. The minimum atomic E-state index is -0.192. The van der Waals surface area contributed by atoms with Crippen LogP contribution in [-0.4, -0.2) is 15.6 Å². The molecule has 2 aromatic carbocycles. The van der Waals surface area contributed by atoms with Crippen molar-refractivity contribution in [2.45, 2.75) is 6.54 Å². The zero-order chi connectivity index (χ0) is 19.7. The van der Waals surface area contributed by atoms with E-state index < -0.39 is 0 Å². The van der Waals surface area contributed by atoms with Crippen LogP contribution in [0.2, 0.25) is 10.0 Å². The fourth-order valence-electron chi connectivity index (χ4n) is 2.99. The van der Waals surface area contributed by atoms with Gasteiger partial charge in [-0.1, -0.05) is 53.5 Å². The van der Waals surface area contributed by atoms with E-state index in [4.69, 9.17) is 23.2 Å². The fourth-order valence-corrected chi connectivity index (χ4v) is 4.15. The second-order valence-electron chi connectivity index (χ2n) is 6.10. The molecular formula is C21H15Cl2N3OS. The highest BCUT2D eigenvalue weighted by atomic mass is 35.5. The van der Waals surface area contributed by atoms with Crippen molar-refractivity contribution < 1.29 is 4.79 Å². The monoisotopic (exact) mass is 427 g/mol. The average Bonchev–Trinajstić information content (AvgIpc) is 3.20. The number of hydrogen-bond donors (Lipinski definition) is 1. The molecule has 1 saturated heterocycles. The highest BCUT2D eigenvalue weighted by molar-refractivity contribution is 8.18. The lowest BCUT2D eigenvalue weighted by Gasteiger charge is -2.00. The van der Waals surface area contributed by atoms with E-state index in [1.165, 1.54) is 11.8 Å². The van der Waals surface area contributed by atoms with Crippen molar-refractivity contribution in [3.8, 4) is 0 Å². The topological polar surface area (TPSA) is 46.4 Å². The SMILES string of the molecule is C=CCn1cc(/C=C2/SC(=Nc3cccc(Cl)c3Cl)NC2=O)c2ccccc21. The zero-order valence-electron chi connectivity index (χ0n) is 14.7. The molecule has 1 aliphatic rings. The van der Waals surface area contributed by atoms with Crippen LogP contribution in [0.25, 0.3) is 17.0 Å². The Labute approximate surface area is 176 Å². The van der Waals surface area contributed by atoms with E-state index in [1.54, 1.807) is 18.2 Å². The Morgan fingerprint density at radius 2 is 2.00 bits per heavy atom. The van der Waals surface area contributed by atoms with E-state index in [9.17, 15) is 4.79 Å². The van der Waals surface area contributed by atoms with Gasteiger partial charge in [0.2, 0.25) is 0 Å². The number of para-hydroxylation sites is 1. The predicted octanol–water partition coefficient (Wildman–Crippen LogP) is 6.03. The van der Waals surface area contributed by atoms with Crippen LogP contribution in [0.3, 0.4) is 0 Å². The molecule has 0 spiro atoms. The van der Waals surface area contributed by atoms with E-state index in [-0.39, 0.29) is 5.91 Å². The summed E-state index contributed by atoms with van der Waals surface area (Å²) in [5.74, 6) is -0.192. The summed E-state index contributed by atoms with van der Waals surface area (Å²) in [7, 11) is 0. The summed E-state index contributed by atoms with van der Waals surface area (Å²) in [6, 6.07) is 13.3. The van der Waals surface area contributed by atoms with Crippen LogP contribution >= 0.6 is 35.0 Å². The second-order valence-corrected chi connectivity index (χ2v) is 7.91. The van der Waals surface area contributed by atoms with Crippen molar-refractivity contribution in [1.82, 2.24) is 9.88 Å². The van der Waals surface area contributed by atoms with Crippen molar-refractivity contribution in [3.63, 3.8) is 0 Å². The molecule has 2 heterocycles. The lowest BCUT2D eigenvalue weighted by molar-refractivity contribution is -0.115. The number of aliphatic imine (C=N–C) groups is 1. The first-order chi connectivity index (χ1) is 13.6. The molecule has 4 rings (SSSR count). The fraction of sp³-hybridized carbons (Fsp3) is 0.0476. The van der Waals surface area contributed by atoms with Gasteiger partial charge in [0, 0.05) is 29.2 Å². The molecule has 0 saturated carbocycles. The zero-order valence-corrected chi connectivity index (χ0v) is 17.0. The summed E-state index contributed by atoms with van der Waals surface area (Å²) in [5.41, 5.74) is 2.58. The third-order valence-electron chi connectivity index (χ3n) is 4.24. The number of aromatic nitrogens is 1. The summed E-state index contributed by atoms with van der Waals surface area (Å²) in [6.45, 7) is 4.51. The molecule has 1 aromatic heterocycles. The van der Waals surface area contributed by atoms with E-state index in [0.29, 0.717) is 32.4 Å². The van der Waals surface area contributed by atoms with E-state index >= 15 is 0 Å². The molecule has 0 atom stereocenters. The number of amidine groups is 1. The highest BCUT2D eigenvalue weighted by Crippen LogP contribution is 2.35. The van der Waals surface area contributed by atoms with Gasteiger partial charge >= 0.3 is 0 Å². The molecule has 3 aromatic rings. The highest BCUT2D eigenvalue weighted by Gasteiger charge is 2.24. The number of thioether (sulfide) groups is 1. The molecule has 1 amide bonds. The summed E-state index contributed by atoms with van der Waals surface area (Å²) in [5, 5.41) is 5.10. The number of nitrogens with zero attached hydrogens (tertiary/aromatic N) is 2. The van der Waals surface area contributed by atoms with Crippen molar-refractivity contribution in [2.75, 3.05) is 0 Å². The summed E-state index contributed by atoms with van der Waals surface area (Å²) in [6.07, 6.45) is 5.75. The molecule has 7 heteroatoms. The number of carbonyl (C=O) groups excluding carboxylic acids is 1. The molecule has 0 unspecified atom stereocenters. The largest absolute Gasteiger partial charge is 0.343 e. The normalized spacial score (nSPS) is 16.9. The number of carbonyl (C=O) groups is 1. The van der Waals surface area contributed by atoms with Gasteiger partial charge in [0.15, 0.2) is 5.17 Å². The number of halogens is 2. The van der Waals surface area contributed by atoms with Gasteiger partial charge in [-0.25, -0.2) is 4.99 Å². The Kier molecular flexibility index (Phi) is 5.31. The molecule has 1 aliphatic heterocycles. The number of benzene rings is 2. The maximum absolute atomic E-state index is 12.4. The van der Waals surface area contributed by atoms with Crippen LogP contribution in [0.1, 0.15) is 5.56 Å². The van der Waals surface area contributed by atoms with Crippen LogP contribution in [0.15, 0.2) is 71.2 Å². The summed E-state index contributed by atoms with van der Waals surface area (Å²) >= 11 is 13.5. The first-order valence-electron chi connectivity index (χ1n) is 8.49. The molecule has 4 nitrogen and oxygen atoms in total. The average molecular weight is 428 g/mol. The number of allylic oxidation sites excluding steroid dienone is 1. The van der Waals surface area contributed by atoms with Gasteiger partial charge in [-0.15, -0.1) is 6.58 Å². The molecule has 1 fully saturated rings. The van der Waals surface area contributed by atoms with Crippen molar-refractivity contribution >= 4 is 68.7 Å². The Balaban J connectivity index is 1.69. The van der Waals surface area contributed by atoms with Gasteiger partial charge in [-0.2, -0.15) is 0 Å². The second kappa shape index (κ2) is 7.87. The van der Waals surface area contributed by atoms with Gasteiger partial charge in [0.25, 0.3) is 5.91 Å². The summed E-state index contributed by atoms with van der Waals surface area (Å²) < 4.78 is 2.10. The Bertz CT molecular complexity index is 1160. The Morgan fingerprint density at radius 1 is 1.18 bits per heavy atom. The third kappa shape index (κ3) is 3.61. The van der Waals surface area contributed by atoms with E-state index in [2.05, 4.69) is 27.5 Å². The Morgan fingerprint density at radius 3 is 2.82 bits per heavy atom. The van der Waals surface area contributed by atoms with Crippen LogP contribution in [0.4, 0.5) is 5.69 Å². The van der Waals surface area contributed by atoms with E-state index in [1.807, 2.05) is 36.5 Å². The molecule has 28 heavy (non-hydrogen) atoms. The third-order valence-corrected chi connectivity index (χ3v) is 5.95. The van der Waals surface area contributed by atoms with Gasteiger partial charge in [0.05, 0.1) is 20.6 Å². The lowest BCUT2D eigenvalue weighted by Crippen LogP contribution is -2.19. The maximum atomic E-state index is 12.4. The maximum Gasteiger partial charge on any atom is 0.264 e. The predicted molar refractivity (Wildman–Crippen MR) is 119 cm³/mol. The smallest absolute Gasteiger partial charge is 0.264 e. The number of amides is 1. The number of fused-ring (bicyclic) bond motifs is 1.